The number of rotatable bonds is 4. The fourth-order valence-corrected chi connectivity index (χ4v) is 2.32. The molecule has 0 spiro atoms. The Hall–Kier alpha value is -1.36. The first-order chi connectivity index (χ1) is 9.12. The zero-order valence-electron chi connectivity index (χ0n) is 13.9. The van der Waals surface area contributed by atoms with Crippen LogP contribution in [0.5, 0.6) is 0 Å². The molecular formula is C15H28N4O. The van der Waals surface area contributed by atoms with Gasteiger partial charge in [0.2, 0.25) is 0 Å². The summed E-state index contributed by atoms with van der Waals surface area (Å²) in [4.78, 5) is 22.4. The van der Waals surface area contributed by atoms with Crippen LogP contribution in [0, 0.1) is 5.41 Å². The van der Waals surface area contributed by atoms with Crippen LogP contribution >= 0.6 is 0 Å². The van der Waals surface area contributed by atoms with Crippen molar-refractivity contribution in [2.75, 3.05) is 41.3 Å². The quantitative estimate of drug-likeness (QED) is 0.792. The molecule has 1 heterocycles. The monoisotopic (exact) mass is 280 g/mol. The van der Waals surface area contributed by atoms with Crippen LogP contribution in [0.1, 0.15) is 27.2 Å². The molecule has 0 atom stereocenters. The maximum atomic E-state index is 12.4. The summed E-state index contributed by atoms with van der Waals surface area (Å²) < 4.78 is 0. The Labute approximate surface area is 122 Å². The molecule has 114 valence electrons. The topological polar surface area (TPSA) is 39.1 Å². The molecule has 0 saturated heterocycles. The van der Waals surface area contributed by atoms with Gasteiger partial charge in [-0.05, 0) is 38.9 Å². The number of urea groups is 1. The highest BCUT2D eigenvalue weighted by molar-refractivity contribution is 5.86. The van der Waals surface area contributed by atoms with Crippen molar-refractivity contribution in [3.05, 3.63) is 11.9 Å². The van der Waals surface area contributed by atoms with Crippen molar-refractivity contribution in [2.45, 2.75) is 27.2 Å². The minimum absolute atomic E-state index is 0.0210. The van der Waals surface area contributed by atoms with E-state index in [0.717, 1.165) is 24.5 Å². The van der Waals surface area contributed by atoms with Gasteiger partial charge in [-0.1, -0.05) is 13.8 Å². The van der Waals surface area contributed by atoms with Gasteiger partial charge in [-0.2, -0.15) is 0 Å². The molecule has 0 saturated carbocycles. The van der Waals surface area contributed by atoms with Crippen LogP contribution in [0.2, 0.25) is 0 Å². The maximum Gasteiger partial charge on any atom is 0.325 e. The summed E-state index contributed by atoms with van der Waals surface area (Å²) in [5.41, 5.74) is 1.12. The summed E-state index contributed by atoms with van der Waals surface area (Å²) in [7, 11) is 7.56. The Morgan fingerprint density at radius 1 is 1.25 bits per heavy atom. The zero-order chi connectivity index (χ0) is 15.5. The average Bonchev–Trinajstić information content (AvgIpc) is 2.25. The molecule has 0 bridgehead atoms. The van der Waals surface area contributed by atoms with Crippen molar-refractivity contribution in [3.63, 3.8) is 0 Å². The van der Waals surface area contributed by atoms with Gasteiger partial charge < -0.3 is 9.80 Å². The standard InChI is InChI=1S/C15H28N4O/c1-12-10-15(2,3)11-13(16-12)19(9-8-17(4)5)14(20)18(6)7/h11H,8-10H2,1-7H3. The Morgan fingerprint density at radius 2 is 1.85 bits per heavy atom. The normalized spacial score (nSPS) is 17.6. The summed E-state index contributed by atoms with van der Waals surface area (Å²) in [6.07, 6.45) is 3.05. The highest BCUT2D eigenvalue weighted by atomic mass is 16.2. The third-order valence-corrected chi connectivity index (χ3v) is 3.20. The number of hydrogen-bond acceptors (Lipinski definition) is 3. The number of allylic oxidation sites excluding steroid dienone is 1. The molecule has 5 nitrogen and oxygen atoms in total. The lowest BCUT2D eigenvalue weighted by molar-refractivity contribution is 0.178. The molecule has 1 rings (SSSR count). The second-order valence-corrected chi connectivity index (χ2v) is 6.65. The molecule has 0 N–H and O–H groups in total. The van der Waals surface area contributed by atoms with E-state index in [1.807, 2.05) is 21.0 Å². The van der Waals surface area contributed by atoms with E-state index in [2.05, 4.69) is 29.8 Å². The minimum atomic E-state index is -0.0210. The molecule has 0 aromatic heterocycles. The van der Waals surface area contributed by atoms with E-state index in [4.69, 9.17) is 0 Å². The summed E-state index contributed by atoms with van der Waals surface area (Å²) in [6, 6.07) is -0.0210. The van der Waals surface area contributed by atoms with Gasteiger partial charge >= 0.3 is 6.03 Å². The number of hydrogen-bond donors (Lipinski definition) is 0. The van der Waals surface area contributed by atoms with E-state index in [0.29, 0.717) is 6.54 Å². The number of aliphatic imine (C=N–C) groups is 1. The van der Waals surface area contributed by atoms with E-state index < -0.39 is 0 Å². The summed E-state index contributed by atoms with van der Waals surface area (Å²) in [5, 5.41) is 0. The van der Waals surface area contributed by atoms with Crippen LogP contribution in [0.25, 0.3) is 0 Å². The molecule has 1 aliphatic heterocycles. The number of amides is 2. The lowest BCUT2D eigenvalue weighted by Gasteiger charge is -2.33. The van der Waals surface area contributed by atoms with Gasteiger partial charge in [0.25, 0.3) is 0 Å². The lowest BCUT2D eigenvalue weighted by atomic mass is 9.85. The third kappa shape index (κ3) is 4.63. The molecule has 0 aromatic carbocycles. The summed E-state index contributed by atoms with van der Waals surface area (Å²) >= 11 is 0. The first-order valence-electron chi connectivity index (χ1n) is 7.03. The molecule has 0 radical (unpaired) electrons. The van der Waals surface area contributed by atoms with Crippen molar-refractivity contribution < 1.29 is 4.79 Å². The molecule has 1 aliphatic rings. The SMILES string of the molecule is CC1=NC(N(CCN(C)C)C(=O)N(C)C)=CC(C)(C)C1. The second kappa shape index (κ2) is 6.39. The van der Waals surface area contributed by atoms with Crippen LogP contribution in [0.15, 0.2) is 16.9 Å². The van der Waals surface area contributed by atoms with Crippen LogP contribution in [0.4, 0.5) is 4.79 Å². The molecule has 0 unspecified atom stereocenters. The van der Waals surface area contributed by atoms with E-state index in [9.17, 15) is 4.79 Å². The van der Waals surface area contributed by atoms with Crippen molar-refractivity contribution in [1.82, 2.24) is 14.7 Å². The van der Waals surface area contributed by atoms with Crippen molar-refractivity contribution in [2.24, 2.45) is 10.4 Å². The Bertz CT molecular complexity index is 422. The van der Waals surface area contributed by atoms with Crippen LogP contribution < -0.4 is 0 Å². The van der Waals surface area contributed by atoms with Gasteiger partial charge in [0.1, 0.15) is 5.82 Å². The van der Waals surface area contributed by atoms with E-state index in [1.165, 1.54) is 0 Å². The van der Waals surface area contributed by atoms with Crippen LogP contribution in [-0.2, 0) is 0 Å². The number of carbonyl (C=O) groups is 1. The highest BCUT2D eigenvalue weighted by Crippen LogP contribution is 2.30. The summed E-state index contributed by atoms with van der Waals surface area (Å²) in [6.45, 7) is 7.83. The van der Waals surface area contributed by atoms with Gasteiger partial charge in [-0.3, -0.25) is 4.90 Å². The van der Waals surface area contributed by atoms with E-state index >= 15 is 0 Å². The largest absolute Gasteiger partial charge is 0.330 e. The summed E-state index contributed by atoms with van der Waals surface area (Å²) in [5.74, 6) is 0.777. The Balaban J connectivity index is 3.03. The zero-order valence-corrected chi connectivity index (χ0v) is 13.9. The molecule has 5 heteroatoms. The van der Waals surface area contributed by atoms with Gasteiger partial charge in [0, 0.05) is 32.9 Å². The first kappa shape index (κ1) is 16.7. The fourth-order valence-electron chi connectivity index (χ4n) is 2.32. The minimum Gasteiger partial charge on any atom is -0.330 e. The first-order valence-corrected chi connectivity index (χ1v) is 7.03. The second-order valence-electron chi connectivity index (χ2n) is 6.65. The molecule has 0 fully saturated rings. The average molecular weight is 280 g/mol. The number of carbonyl (C=O) groups excluding carboxylic acids is 1. The van der Waals surface area contributed by atoms with Crippen LogP contribution in [-0.4, -0.2) is 67.7 Å². The Morgan fingerprint density at radius 3 is 2.30 bits per heavy atom. The molecular weight excluding hydrogens is 252 g/mol. The smallest absolute Gasteiger partial charge is 0.325 e. The van der Waals surface area contributed by atoms with Gasteiger partial charge in [0.05, 0.1) is 0 Å². The van der Waals surface area contributed by atoms with Gasteiger partial charge in [-0.25, -0.2) is 9.79 Å². The highest BCUT2D eigenvalue weighted by Gasteiger charge is 2.27. The molecule has 2 amide bonds. The predicted molar refractivity (Wildman–Crippen MR) is 83.9 cm³/mol. The number of nitrogens with zero attached hydrogens (tertiary/aromatic N) is 4. The van der Waals surface area contributed by atoms with Crippen molar-refractivity contribution >= 4 is 11.7 Å². The molecule has 20 heavy (non-hydrogen) atoms. The van der Waals surface area contributed by atoms with E-state index in [-0.39, 0.29) is 11.4 Å². The third-order valence-electron chi connectivity index (χ3n) is 3.20. The van der Waals surface area contributed by atoms with Crippen LogP contribution in [0.3, 0.4) is 0 Å². The number of likely N-dealkylation sites (N-methyl/N-ethyl adjacent to an activating group) is 1. The maximum absolute atomic E-state index is 12.4. The van der Waals surface area contributed by atoms with Gasteiger partial charge in [0.15, 0.2) is 0 Å². The Kier molecular flexibility index (Phi) is 5.34. The molecule has 0 aliphatic carbocycles. The van der Waals surface area contributed by atoms with Crippen molar-refractivity contribution in [1.29, 1.82) is 0 Å². The lowest BCUT2D eigenvalue weighted by Crippen LogP contribution is -2.42. The predicted octanol–water partition coefficient (Wildman–Crippen LogP) is 2.26. The van der Waals surface area contributed by atoms with E-state index in [1.54, 1.807) is 23.9 Å². The fraction of sp³-hybridized carbons (Fsp3) is 0.733. The molecule has 0 aromatic rings. The van der Waals surface area contributed by atoms with Crippen molar-refractivity contribution in [3.8, 4) is 0 Å². The van der Waals surface area contributed by atoms with Gasteiger partial charge in [-0.15, -0.1) is 0 Å².